The van der Waals surface area contributed by atoms with Crippen LogP contribution in [0.15, 0.2) is 18.2 Å². The highest BCUT2D eigenvalue weighted by Gasteiger charge is 2.22. The molecule has 0 aliphatic carbocycles. The number of urea groups is 1. The lowest BCUT2D eigenvalue weighted by atomic mass is 10.1. The van der Waals surface area contributed by atoms with Crippen molar-refractivity contribution < 1.29 is 9.53 Å². The van der Waals surface area contributed by atoms with Gasteiger partial charge in [0, 0.05) is 33.4 Å². The Hall–Kier alpha value is -2.19. The monoisotopic (exact) mass is 332 g/mol. The van der Waals surface area contributed by atoms with Gasteiger partial charge in [-0.05, 0) is 37.4 Å². The van der Waals surface area contributed by atoms with Gasteiger partial charge in [0.05, 0.1) is 5.69 Å². The molecule has 1 aliphatic heterocycles. The average Bonchev–Trinajstić information content (AvgIpc) is 3.23. The number of aromatic amines is 1. The smallest absolute Gasteiger partial charge is 0.319 e. The fourth-order valence-corrected chi connectivity index (χ4v) is 3.09. The van der Waals surface area contributed by atoms with Gasteiger partial charge in [-0.25, -0.2) is 4.79 Å². The number of fused-ring (bicyclic) bond motifs is 1. The van der Waals surface area contributed by atoms with Crippen LogP contribution in [0.4, 0.5) is 10.5 Å². The van der Waals surface area contributed by atoms with Crippen molar-refractivity contribution in [3.8, 4) is 0 Å². The molecule has 0 radical (unpaired) electrons. The summed E-state index contributed by atoms with van der Waals surface area (Å²) in [4.78, 5) is 14.5. The second-order valence-corrected chi connectivity index (χ2v) is 6.13. The average molecular weight is 332 g/mol. The molecule has 1 fully saturated rings. The molecule has 1 aromatic heterocycles. The van der Waals surface area contributed by atoms with Crippen LogP contribution in [0.1, 0.15) is 12.8 Å². The molecule has 0 spiro atoms. The van der Waals surface area contributed by atoms with Gasteiger partial charge in [-0.15, -0.1) is 0 Å². The Morgan fingerprint density at radius 1 is 1.46 bits per heavy atom. The predicted octanol–water partition coefficient (Wildman–Crippen LogP) is 1.44. The summed E-state index contributed by atoms with van der Waals surface area (Å²) in [6.45, 7) is 4.67. The first kappa shape index (κ1) is 16.7. The summed E-state index contributed by atoms with van der Waals surface area (Å²) in [5, 5.41) is 16.4. The highest BCUT2D eigenvalue weighted by Crippen LogP contribution is 2.19. The molecule has 1 aromatic carbocycles. The van der Waals surface area contributed by atoms with E-state index in [0.717, 1.165) is 44.6 Å². The van der Waals surface area contributed by atoms with Crippen LogP contribution < -0.4 is 10.6 Å². The number of hydrogen-bond acceptors (Lipinski definition) is 5. The van der Waals surface area contributed by atoms with E-state index in [9.17, 15) is 4.79 Å². The lowest BCUT2D eigenvalue weighted by molar-refractivity contribution is 0.178. The molecule has 2 heterocycles. The lowest BCUT2D eigenvalue weighted by Gasteiger charge is -2.16. The normalized spacial score (nSPS) is 18.1. The number of amides is 2. The van der Waals surface area contributed by atoms with E-state index in [1.165, 1.54) is 0 Å². The number of rotatable bonds is 7. The summed E-state index contributed by atoms with van der Waals surface area (Å²) >= 11 is 0. The van der Waals surface area contributed by atoms with Crippen LogP contribution in [0.25, 0.3) is 11.0 Å². The largest absolute Gasteiger partial charge is 0.385 e. The number of aromatic nitrogens is 3. The maximum absolute atomic E-state index is 12.1. The van der Waals surface area contributed by atoms with Gasteiger partial charge in [0.25, 0.3) is 0 Å². The molecule has 1 saturated heterocycles. The summed E-state index contributed by atoms with van der Waals surface area (Å²) in [6.07, 6.45) is 2.17. The molecule has 130 valence electrons. The van der Waals surface area contributed by atoms with Crippen LogP contribution in [0.5, 0.6) is 0 Å². The highest BCUT2D eigenvalue weighted by molar-refractivity contribution is 5.98. The molecule has 0 bridgehead atoms. The molecule has 8 heteroatoms. The number of hydrogen-bond donors (Lipinski definition) is 3. The SMILES string of the molecule is COCCCN1CC[C@H](CNC(=O)Nc2cccc3n[nH]nc23)C1. The first-order chi connectivity index (χ1) is 11.8. The molecule has 0 unspecified atom stereocenters. The van der Waals surface area contributed by atoms with Crippen molar-refractivity contribution in [2.24, 2.45) is 5.92 Å². The minimum Gasteiger partial charge on any atom is -0.385 e. The predicted molar refractivity (Wildman–Crippen MR) is 92.0 cm³/mol. The molecule has 24 heavy (non-hydrogen) atoms. The van der Waals surface area contributed by atoms with Gasteiger partial charge < -0.3 is 20.3 Å². The third-order valence-electron chi connectivity index (χ3n) is 4.34. The summed E-state index contributed by atoms with van der Waals surface area (Å²) in [5.74, 6) is 0.501. The van der Waals surface area contributed by atoms with E-state index < -0.39 is 0 Å². The maximum atomic E-state index is 12.1. The number of nitrogens with zero attached hydrogens (tertiary/aromatic N) is 3. The zero-order chi connectivity index (χ0) is 16.8. The number of carbonyl (C=O) groups excluding carboxylic acids is 1. The maximum Gasteiger partial charge on any atom is 0.319 e. The zero-order valence-electron chi connectivity index (χ0n) is 13.9. The molecule has 2 amide bonds. The standard InChI is InChI=1S/C16H24N6O2/c1-24-9-3-7-22-8-6-12(11-22)10-17-16(23)18-13-4-2-5-14-15(13)20-21-19-14/h2,4-5,12H,3,6-11H2,1H3,(H2,17,18,23)(H,19,20,21)/t12-/m1/s1. The van der Waals surface area contributed by atoms with E-state index in [1.54, 1.807) is 7.11 Å². The summed E-state index contributed by atoms with van der Waals surface area (Å²) in [6, 6.07) is 5.30. The van der Waals surface area contributed by atoms with Crippen molar-refractivity contribution in [2.45, 2.75) is 12.8 Å². The minimum atomic E-state index is -0.205. The number of carbonyl (C=O) groups is 1. The van der Waals surface area contributed by atoms with Gasteiger partial charge >= 0.3 is 6.03 Å². The van der Waals surface area contributed by atoms with Crippen LogP contribution in [-0.2, 0) is 4.74 Å². The molecular weight excluding hydrogens is 308 g/mol. The second kappa shape index (κ2) is 8.07. The van der Waals surface area contributed by atoms with Gasteiger partial charge in [-0.2, -0.15) is 15.4 Å². The van der Waals surface area contributed by atoms with Gasteiger partial charge in [-0.3, -0.25) is 0 Å². The van der Waals surface area contributed by atoms with E-state index in [2.05, 4.69) is 30.9 Å². The Balaban J connectivity index is 1.42. The third-order valence-corrected chi connectivity index (χ3v) is 4.34. The molecule has 1 atom stereocenters. The number of benzene rings is 1. The number of anilines is 1. The van der Waals surface area contributed by atoms with E-state index in [-0.39, 0.29) is 6.03 Å². The Bertz CT molecular complexity index is 673. The van der Waals surface area contributed by atoms with Crippen molar-refractivity contribution in [1.29, 1.82) is 0 Å². The highest BCUT2D eigenvalue weighted by atomic mass is 16.5. The number of likely N-dealkylation sites (tertiary alicyclic amines) is 1. The molecule has 3 N–H and O–H groups in total. The lowest BCUT2D eigenvalue weighted by Crippen LogP contribution is -2.34. The number of nitrogens with one attached hydrogen (secondary N) is 3. The van der Waals surface area contributed by atoms with Crippen molar-refractivity contribution in [3.63, 3.8) is 0 Å². The Labute approximate surface area is 140 Å². The van der Waals surface area contributed by atoms with Gasteiger partial charge in [0.1, 0.15) is 11.0 Å². The molecule has 8 nitrogen and oxygen atoms in total. The summed E-state index contributed by atoms with van der Waals surface area (Å²) < 4.78 is 5.08. The van der Waals surface area contributed by atoms with E-state index in [1.807, 2.05) is 18.2 Å². The van der Waals surface area contributed by atoms with E-state index >= 15 is 0 Å². The van der Waals surface area contributed by atoms with Crippen LogP contribution in [0.3, 0.4) is 0 Å². The molecular formula is C16H24N6O2. The van der Waals surface area contributed by atoms with E-state index in [0.29, 0.717) is 23.7 Å². The quantitative estimate of drug-likeness (QED) is 0.667. The van der Waals surface area contributed by atoms with Crippen molar-refractivity contribution in [1.82, 2.24) is 25.6 Å². The van der Waals surface area contributed by atoms with Gasteiger partial charge in [0.15, 0.2) is 0 Å². The molecule has 2 aromatic rings. The molecule has 3 rings (SSSR count). The summed E-state index contributed by atoms with van der Waals surface area (Å²) in [5.41, 5.74) is 2.06. The summed E-state index contributed by atoms with van der Waals surface area (Å²) in [7, 11) is 1.73. The fraction of sp³-hybridized carbons (Fsp3) is 0.562. The van der Waals surface area contributed by atoms with Gasteiger partial charge in [-0.1, -0.05) is 6.07 Å². The first-order valence-electron chi connectivity index (χ1n) is 8.32. The van der Waals surface area contributed by atoms with Crippen LogP contribution in [-0.4, -0.2) is 66.2 Å². The van der Waals surface area contributed by atoms with Crippen LogP contribution in [0, 0.1) is 5.92 Å². The number of H-pyrrole nitrogens is 1. The molecule has 0 saturated carbocycles. The van der Waals surface area contributed by atoms with Crippen molar-refractivity contribution in [3.05, 3.63) is 18.2 Å². The number of methoxy groups -OCH3 is 1. The van der Waals surface area contributed by atoms with Gasteiger partial charge in [0.2, 0.25) is 0 Å². The Morgan fingerprint density at radius 2 is 2.38 bits per heavy atom. The van der Waals surface area contributed by atoms with E-state index in [4.69, 9.17) is 4.74 Å². The van der Waals surface area contributed by atoms with Crippen LogP contribution >= 0.6 is 0 Å². The molecule has 1 aliphatic rings. The topological polar surface area (TPSA) is 95.2 Å². The van der Waals surface area contributed by atoms with Crippen molar-refractivity contribution >= 4 is 22.8 Å². The van der Waals surface area contributed by atoms with Crippen molar-refractivity contribution in [2.75, 3.05) is 45.2 Å². The van der Waals surface area contributed by atoms with Crippen LogP contribution in [0.2, 0.25) is 0 Å². The number of ether oxygens (including phenoxy) is 1. The first-order valence-corrected chi connectivity index (χ1v) is 8.32. The number of para-hydroxylation sites is 1. The Morgan fingerprint density at radius 3 is 3.25 bits per heavy atom. The zero-order valence-corrected chi connectivity index (χ0v) is 13.9. The second-order valence-electron chi connectivity index (χ2n) is 6.13. The third kappa shape index (κ3) is 4.21. The Kier molecular flexibility index (Phi) is 5.60. The fourth-order valence-electron chi connectivity index (χ4n) is 3.09. The minimum absolute atomic E-state index is 0.205.